The van der Waals surface area contributed by atoms with Gasteiger partial charge in [0.05, 0.1) is 19.3 Å². The van der Waals surface area contributed by atoms with Crippen molar-refractivity contribution in [1.82, 2.24) is 4.90 Å². The van der Waals surface area contributed by atoms with Crippen molar-refractivity contribution in [3.63, 3.8) is 0 Å². The number of rotatable bonds is 7. The number of carbonyl (C=O) groups is 1. The Hall–Kier alpha value is -2.38. The van der Waals surface area contributed by atoms with E-state index in [4.69, 9.17) is 4.43 Å². The number of amides is 1. The van der Waals surface area contributed by atoms with E-state index in [2.05, 4.69) is 69.3 Å². The standard InChI is InChI=1S/C29H35NO3SSi/c1-29(2,3)35(25-13-6-4-7-14-25,26-15-8-5-9-16-26)33-21-23-12-10-11-17-27(23)28(32)30-18-19-34-22-24(30)20-31/h4-17,24,31H,18-22H2,1-3H3/t24-/m1/s1. The van der Waals surface area contributed by atoms with E-state index >= 15 is 0 Å². The third kappa shape index (κ3) is 5.26. The van der Waals surface area contributed by atoms with Crippen molar-refractivity contribution in [2.45, 2.75) is 38.5 Å². The number of benzene rings is 3. The summed E-state index contributed by atoms with van der Waals surface area (Å²) in [5.74, 6) is 1.64. The van der Waals surface area contributed by atoms with Crippen LogP contribution in [0.5, 0.6) is 0 Å². The van der Waals surface area contributed by atoms with Crippen molar-refractivity contribution >= 4 is 36.4 Å². The van der Waals surface area contributed by atoms with Gasteiger partial charge >= 0.3 is 0 Å². The zero-order valence-electron chi connectivity index (χ0n) is 20.8. The molecule has 3 aromatic rings. The molecule has 0 aromatic heterocycles. The Labute approximate surface area is 214 Å². The minimum absolute atomic E-state index is 0.0144. The monoisotopic (exact) mass is 505 g/mol. The lowest BCUT2D eigenvalue weighted by Gasteiger charge is -2.43. The van der Waals surface area contributed by atoms with Gasteiger partial charge in [-0.1, -0.05) is 99.6 Å². The maximum absolute atomic E-state index is 13.6. The highest BCUT2D eigenvalue weighted by Gasteiger charge is 2.50. The summed E-state index contributed by atoms with van der Waals surface area (Å²) < 4.78 is 7.10. The van der Waals surface area contributed by atoms with Crippen LogP contribution in [0.1, 0.15) is 36.7 Å². The predicted molar refractivity (Wildman–Crippen MR) is 148 cm³/mol. The van der Waals surface area contributed by atoms with Crippen LogP contribution < -0.4 is 10.4 Å². The molecule has 4 nitrogen and oxygen atoms in total. The van der Waals surface area contributed by atoms with Gasteiger partial charge in [-0.3, -0.25) is 4.79 Å². The Morgan fingerprint density at radius 3 is 2.11 bits per heavy atom. The van der Waals surface area contributed by atoms with Gasteiger partial charge in [-0.15, -0.1) is 0 Å². The summed E-state index contributed by atoms with van der Waals surface area (Å²) in [5, 5.41) is 12.2. The molecule has 0 spiro atoms. The Bertz CT molecular complexity index is 1080. The van der Waals surface area contributed by atoms with Crippen LogP contribution in [0.25, 0.3) is 0 Å². The van der Waals surface area contributed by atoms with Gasteiger partial charge in [0, 0.05) is 23.6 Å². The molecule has 0 radical (unpaired) electrons. The molecular formula is C29H35NO3SSi. The Kier molecular flexibility index (Phi) is 8.17. The van der Waals surface area contributed by atoms with E-state index in [1.807, 2.05) is 41.3 Å². The van der Waals surface area contributed by atoms with E-state index < -0.39 is 8.32 Å². The van der Waals surface area contributed by atoms with Crippen molar-refractivity contribution in [2.24, 2.45) is 0 Å². The minimum Gasteiger partial charge on any atom is -0.403 e. The average Bonchev–Trinajstić information content (AvgIpc) is 2.89. The lowest BCUT2D eigenvalue weighted by Crippen LogP contribution is -2.66. The SMILES string of the molecule is CC(C)(C)[Si](OCc1ccccc1C(=O)N1CCSC[C@H]1CO)(c1ccccc1)c1ccccc1. The number of carbonyl (C=O) groups excluding carboxylic acids is 1. The molecule has 4 rings (SSSR count). The lowest BCUT2D eigenvalue weighted by molar-refractivity contribution is 0.0629. The maximum Gasteiger partial charge on any atom is 0.261 e. The zero-order valence-corrected chi connectivity index (χ0v) is 22.6. The average molecular weight is 506 g/mol. The van der Waals surface area contributed by atoms with Crippen molar-refractivity contribution in [3.8, 4) is 0 Å². The summed E-state index contributed by atoms with van der Waals surface area (Å²) in [6, 6.07) is 28.7. The van der Waals surface area contributed by atoms with Crippen molar-refractivity contribution < 1.29 is 14.3 Å². The largest absolute Gasteiger partial charge is 0.403 e. The summed E-state index contributed by atoms with van der Waals surface area (Å²) in [7, 11) is -2.72. The summed E-state index contributed by atoms with van der Waals surface area (Å²) in [6.07, 6.45) is 0. The van der Waals surface area contributed by atoms with Crippen LogP contribution in [0.15, 0.2) is 84.9 Å². The number of nitrogens with zero attached hydrogens (tertiary/aromatic N) is 1. The maximum atomic E-state index is 13.6. The van der Waals surface area contributed by atoms with Crippen molar-refractivity contribution in [2.75, 3.05) is 24.7 Å². The first-order chi connectivity index (χ1) is 16.9. The first-order valence-corrected chi connectivity index (χ1v) is 15.3. The number of aliphatic hydroxyl groups is 1. The highest BCUT2D eigenvalue weighted by atomic mass is 32.2. The molecule has 1 N–H and O–H groups in total. The van der Waals surface area contributed by atoms with E-state index in [0.29, 0.717) is 18.7 Å². The highest BCUT2D eigenvalue weighted by molar-refractivity contribution is 7.99. The molecule has 1 atom stereocenters. The van der Waals surface area contributed by atoms with E-state index in [9.17, 15) is 9.90 Å². The molecule has 1 saturated heterocycles. The third-order valence-electron chi connectivity index (χ3n) is 6.81. The molecule has 0 aliphatic carbocycles. The van der Waals surface area contributed by atoms with Crippen molar-refractivity contribution in [3.05, 3.63) is 96.1 Å². The van der Waals surface area contributed by atoms with Gasteiger partial charge in [0.1, 0.15) is 0 Å². The highest BCUT2D eigenvalue weighted by Crippen LogP contribution is 2.37. The van der Waals surface area contributed by atoms with E-state index in [0.717, 1.165) is 17.1 Å². The van der Waals surface area contributed by atoms with Gasteiger partial charge in [0.25, 0.3) is 14.2 Å². The first kappa shape index (κ1) is 25.7. The van der Waals surface area contributed by atoms with Crippen LogP contribution >= 0.6 is 11.8 Å². The molecule has 1 aliphatic heterocycles. The Morgan fingerprint density at radius 2 is 1.54 bits per heavy atom. The van der Waals surface area contributed by atoms with Gasteiger partial charge in [-0.25, -0.2) is 0 Å². The minimum atomic E-state index is -2.72. The molecule has 0 unspecified atom stereocenters. The molecule has 0 saturated carbocycles. The molecule has 1 heterocycles. The molecule has 3 aromatic carbocycles. The topological polar surface area (TPSA) is 49.8 Å². The van der Waals surface area contributed by atoms with E-state index in [1.165, 1.54) is 10.4 Å². The zero-order chi connectivity index (χ0) is 24.9. The predicted octanol–water partition coefficient (Wildman–Crippen LogP) is 4.31. The van der Waals surface area contributed by atoms with Gasteiger partial charge in [0.2, 0.25) is 0 Å². The number of thioether (sulfide) groups is 1. The van der Waals surface area contributed by atoms with Gasteiger partial charge < -0.3 is 14.4 Å². The number of aliphatic hydroxyl groups excluding tert-OH is 1. The van der Waals surface area contributed by atoms with Gasteiger partial charge in [0.15, 0.2) is 0 Å². The summed E-state index contributed by atoms with van der Waals surface area (Å²) in [5.41, 5.74) is 1.55. The fraction of sp³-hybridized carbons (Fsp3) is 0.345. The number of hydrogen-bond donors (Lipinski definition) is 1. The second-order valence-electron chi connectivity index (χ2n) is 10.0. The summed E-state index contributed by atoms with van der Waals surface area (Å²) in [6.45, 7) is 7.76. The number of hydrogen-bond acceptors (Lipinski definition) is 4. The molecule has 0 bridgehead atoms. The van der Waals surface area contributed by atoms with Crippen molar-refractivity contribution in [1.29, 1.82) is 0 Å². The van der Waals surface area contributed by atoms with Gasteiger partial charge in [-0.05, 0) is 27.0 Å². The Morgan fingerprint density at radius 1 is 0.971 bits per heavy atom. The molecular weight excluding hydrogens is 470 g/mol. The second kappa shape index (κ2) is 11.1. The second-order valence-corrected chi connectivity index (χ2v) is 15.5. The van der Waals surface area contributed by atoms with Crippen LogP contribution in [0.3, 0.4) is 0 Å². The Balaban J connectivity index is 1.73. The van der Waals surface area contributed by atoms with Crippen LogP contribution in [-0.4, -0.2) is 54.9 Å². The molecule has 35 heavy (non-hydrogen) atoms. The van der Waals surface area contributed by atoms with Crippen LogP contribution in [-0.2, 0) is 11.0 Å². The van der Waals surface area contributed by atoms with Crippen LogP contribution in [0, 0.1) is 0 Å². The molecule has 1 fully saturated rings. The smallest absolute Gasteiger partial charge is 0.261 e. The van der Waals surface area contributed by atoms with Crippen LogP contribution in [0.4, 0.5) is 0 Å². The molecule has 1 aliphatic rings. The lowest BCUT2D eigenvalue weighted by atomic mass is 10.1. The summed E-state index contributed by atoms with van der Waals surface area (Å²) >= 11 is 1.79. The fourth-order valence-corrected chi connectivity index (χ4v) is 10.6. The quantitative estimate of drug-likeness (QED) is 0.486. The van der Waals surface area contributed by atoms with E-state index in [1.54, 1.807) is 11.8 Å². The van der Waals surface area contributed by atoms with Gasteiger partial charge in [-0.2, -0.15) is 11.8 Å². The summed E-state index contributed by atoms with van der Waals surface area (Å²) in [4.78, 5) is 15.4. The molecule has 1 amide bonds. The normalized spacial score (nSPS) is 16.8. The third-order valence-corrected chi connectivity index (χ3v) is 12.9. The van der Waals surface area contributed by atoms with E-state index in [-0.39, 0.29) is 23.6 Å². The molecule has 184 valence electrons. The van der Waals surface area contributed by atoms with Crippen LogP contribution in [0.2, 0.25) is 5.04 Å². The first-order valence-electron chi connectivity index (χ1n) is 12.2. The molecule has 6 heteroatoms. The fourth-order valence-electron chi connectivity index (χ4n) is 5.03.